The highest BCUT2D eigenvalue weighted by Crippen LogP contribution is 2.31. The fourth-order valence-corrected chi connectivity index (χ4v) is 2.79. The van der Waals surface area contributed by atoms with Gasteiger partial charge in [-0.05, 0) is 35.3 Å². The van der Waals surface area contributed by atoms with Gasteiger partial charge in [-0.1, -0.05) is 26.8 Å². The van der Waals surface area contributed by atoms with E-state index in [-0.39, 0.29) is 5.41 Å². The number of ether oxygens (including phenoxy) is 2. The summed E-state index contributed by atoms with van der Waals surface area (Å²) in [6.45, 7) is 12.0. The summed E-state index contributed by atoms with van der Waals surface area (Å²) in [5.74, 6) is 0.805. The summed E-state index contributed by atoms with van der Waals surface area (Å²) in [6.07, 6.45) is 0. The van der Waals surface area contributed by atoms with Crippen LogP contribution in [-0.2, 0) is 10.2 Å². The van der Waals surface area contributed by atoms with Crippen molar-refractivity contribution in [2.24, 2.45) is 0 Å². The van der Waals surface area contributed by atoms with Crippen molar-refractivity contribution >= 4 is 23.0 Å². The number of hydrogen-bond donors (Lipinski definition) is 2. The van der Waals surface area contributed by atoms with Crippen LogP contribution in [0.25, 0.3) is 0 Å². The van der Waals surface area contributed by atoms with E-state index >= 15 is 0 Å². The molecule has 0 spiro atoms. The molecule has 0 unspecified atom stereocenters. The standard InChI is InChI=1S/C18H29N3O2S/c1-18(2,3)14-5-6-15(16(13-14)22-4)20-17(24)19-7-8-21-9-11-23-12-10-21/h5-6,13H,7-12H2,1-4H3,(H2,19,20,24). The molecule has 0 aromatic heterocycles. The minimum Gasteiger partial charge on any atom is -0.495 e. The van der Waals surface area contributed by atoms with Gasteiger partial charge in [0, 0.05) is 26.2 Å². The lowest BCUT2D eigenvalue weighted by Crippen LogP contribution is -2.42. The quantitative estimate of drug-likeness (QED) is 0.795. The number of thiocarbonyl (C=S) groups is 1. The molecular weight excluding hydrogens is 322 g/mol. The van der Waals surface area contributed by atoms with E-state index in [4.69, 9.17) is 21.7 Å². The van der Waals surface area contributed by atoms with Gasteiger partial charge >= 0.3 is 0 Å². The first-order chi connectivity index (χ1) is 11.4. The highest BCUT2D eigenvalue weighted by atomic mass is 32.1. The van der Waals surface area contributed by atoms with Crippen LogP contribution in [0.1, 0.15) is 26.3 Å². The minimum absolute atomic E-state index is 0.0860. The molecule has 0 radical (unpaired) electrons. The molecule has 2 rings (SSSR count). The number of methoxy groups -OCH3 is 1. The third kappa shape index (κ3) is 5.61. The SMILES string of the molecule is COc1cc(C(C)(C)C)ccc1NC(=S)NCCN1CCOCC1. The van der Waals surface area contributed by atoms with Gasteiger partial charge in [-0.2, -0.15) is 0 Å². The van der Waals surface area contributed by atoms with Crippen LogP contribution in [0, 0.1) is 0 Å². The number of hydrogen-bond acceptors (Lipinski definition) is 4. The lowest BCUT2D eigenvalue weighted by atomic mass is 9.87. The Balaban J connectivity index is 1.86. The van der Waals surface area contributed by atoms with Gasteiger partial charge in [0.15, 0.2) is 5.11 Å². The molecule has 5 nitrogen and oxygen atoms in total. The first kappa shape index (κ1) is 19.0. The van der Waals surface area contributed by atoms with Crippen LogP contribution in [0.15, 0.2) is 18.2 Å². The predicted octanol–water partition coefficient (Wildman–Crippen LogP) is 2.61. The van der Waals surface area contributed by atoms with Crippen molar-refractivity contribution in [2.75, 3.05) is 51.8 Å². The van der Waals surface area contributed by atoms with Crippen LogP contribution in [-0.4, -0.2) is 56.5 Å². The largest absolute Gasteiger partial charge is 0.495 e. The highest BCUT2D eigenvalue weighted by Gasteiger charge is 2.16. The topological polar surface area (TPSA) is 45.8 Å². The average Bonchev–Trinajstić information content (AvgIpc) is 2.55. The molecule has 6 heteroatoms. The van der Waals surface area contributed by atoms with E-state index in [2.05, 4.69) is 48.4 Å². The maximum absolute atomic E-state index is 5.51. The number of benzene rings is 1. The van der Waals surface area contributed by atoms with Gasteiger partial charge in [-0.25, -0.2) is 0 Å². The molecule has 0 amide bonds. The first-order valence-electron chi connectivity index (χ1n) is 8.43. The fraction of sp³-hybridized carbons (Fsp3) is 0.611. The molecule has 1 fully saturated rings. The summed E-state index contributed by atoms with van der Waals surface area (Å²) < 4.78 is 10.9. The van der Waals surface area contributed by atoms with E-state index in [0.717, 1.165) is 50.8 Å². The molecule has 1 aromatic rings. The van der Waals surface area contributed by atoms with Crippen LogP contribution in [0.2, 0.25) is 0 Å². The Morgan fingerprint density at radius 2 is 2.00 bits per heavy atom. The third-order valence-corrected chi connectivity index (χ3v) is 4.38. The molecule has 0 bridgehead atoms. The van der Waals surface area contributed by atoms with Crippen LogP contribution in [0.5, 0.6) is 5.75 Å². The van der Waals surface area contributed by atoms with Gasteiger partial charge in [0.25, 0.3) is 0 Å². The molecule has 0 saturated carbocycles. The highest BCUT2D eigenvalue weighted by molar-refractivity contribution is 7.80. The Morgan fingerprint density at radius 3 is 2.62 bits per heavy atom. The Labute approximate surface area is 150 Å². The second-order valence-corrected chi connectivity index (χ2v) is 7.41. The van der Waals surface area contributed by atoms with Crippen molar-refractivity contribution in [2.45, 2.75) is 26.2 Å². The zero-order valence-electron chi connectivity index (χ0n) is 15.1. The molecule has 134 valence electrons. The molecule has 1 heterocycles. The van der Waals surface area contributed by atoms with Gasteiger partial charge in [0.1, 0.15) is 5.75 Å². The summed E-state index contributed by atoms with van der Waals surface area (Å²) in [6, 6.07) is 6.20. The number of morpholine rings is 1. The van der Waals surface area contributed by atoms with Crippen LogP contribution in [0.3, 0.4) is 0 Å². The van der Waals surface area contributed by atoms with Gasteiger partial charge in [-0.15, -0.1) is 0 Å². The summed E-state index contributed by atoms with van der Waals surface area (Å²) in [5.41, 5.74) is 2.20. The van der Waals surface area contributed by atoms with Crippen molar-refractivity contribution in [3.8, 4) is 5.75 Å². The molecule has 1 saturated heterocycles. The van der Waals surface area contributed by atoms with Crippen LogP contribution >= 0.6 is 12.2 Å². The molecule has 1 aliphatic rings. The Hall–Kier alpha value is -1.37. The number of nitrogens with zero attached hydrogens (tertiary/aromatic N) is 1. The number of anilines is 1. The number of rotatable bonds is 5. The summed E-state index contributed by atoms with van der Waals surface area (Å²) >= 11 is 5.40. The molecule has 2 N–H and O–H groups in total. The zero-order chi connectivity index (χ0) is 17.6. The van der Waals surface area contributed by atoms with E-state index < -0.39 is 0 Å². The number of nitrogens with one attached hydrogen (secondary N) is 2. The Kier molecular flexibility index (Phi) is 6.83. The Bertz CT molecular complexity index is 552. The second kappa shape index (κ2) is 8.65. The normalized spacial score (nSPS) is 15.8. The van der Waals surface area contributed by atoms with Gasteiger partial charge in [0.05, 0.1) is 26.0 Å². The zero-order valence-corrected chi connectivity index (χ0v) is 16.0. The van der Waals surface area contributed by atoms with Crippen molar-refractivity contribution in [1.29, 1.82) is 0 Å². The smallest absolute Gasteiger partial charge is 0.170 e. The lowest BCUT2D eigenvalue weighted by molar-refractivity contribution is 0.0389. The van der Waals surface area contributed by atoms with E-state index in [9.17, 15) is 0 Å². The van der Waals surface area contributed by atoms with E-state index in [1.807, 2.05) is 6.07 Å². The van der Waals surface area contributed by atoms with Gasteiger partial charge < -0.3 is 20.1 Å². The van der Waals surface area contributed by atoms with Gasteiger partial charge in [-0.3, -0.25) is 4.90 Å². The maximum atomic E-state index is 5.51. The van der Waals surface area contributed by atoms with Crippen molar-refractivity contribution in [3.63, 3.8) is 0 Å². The first-order valence-corrected chi connectivity index (χ1v) is 8.84. The molecule has 1 aromatic carbocycles. The van der Waals surface area contributed by atoms with Crippen molar-refractivity contribution < 1.29 is 9.47 Å². The van der Waals surface area contributed by atoms with Crippen molar-refractivity contribution in [1.82, 2.24) is 10.2 Å². The lowest BCUT2D eigenvalue weighted by Gasteiger charge is -2.26. The van der Waals surface area contributed by atoms with Crippen LogP contribution in [0.4, 0.5) is 5.69 Å². The fourth-order valence-electron chi connectivity index (χ4n) is 2.58. The maximum Gasteiger partial charge on any atom is 0.170 e. The van der Waals surface area contributed by atoms with Crippen LogP contribution < -0.4 is 15.4 Å². The predicted molar refractivity (Wildman–Crippen MR) is 103 cm³/mol. The molecule has 0 aliphatic carbocycles. The Morgan fingerprint density at radius 1 is 1.29 bits per heavy atom. The second-order valence-electron chi connectivity index (χ2n) is 7.00. The molecule has 24 heavy (non-hydrogen) atoms. The molecular formula is C18H29N3O2S. The van der Waals surface area contributed by atoms with E-state index in [1.54, 1.807) is 7.11 Å². The summed E-state index contributed by atoms with van der Waals surface area (Å²) in [5, 5.41) is 7.10. The third-order valence-electron chi connectivity index (χ3n) is 4.13. The average molecular weight is 352 g/mol. The summed E-state index contributed by atoms with van der Waals surface area (Å²) in [4.78, 5) is 2.37. The summed E-state index contributed by atoms with van der Waals surface area (Å²) in [7, 11) is 1.68. The van der Waals surface area contributed by atoms with Crippen molar-refractivity contribution in [3.05, 3.63) is 23.8 Å². The van der Waals surface area contributed by atoms with Gasteiger partial charge in [0.2, 0.25) is 0 Å². The molecule has 1 aliphatic heterocycles. The minimum atomic E-state index is 0.0860. The molecule has 0 atom stereocenters. The van der Waals surface area contributed by atoms with E-state index in [0.29, 0.717) is 5.11 Å². The monoisotopic (exact) mass is 351 g/mol. The van der Waals surface area contributed by atoms with E-state index in [1.165, 1.54) is 5.56 Å².